The third-order valence-electron chi connectivity index (χ3n) is 2.68. The van der Waals surface area contributed by atoms with E-state index in [1.807, 2.05) is 0 Å². The van der Waals surface area contributed by atoms with Crippen molar-refractivity contribution in [3.8, 4) is 0 Å². The molecule has 1 unspecified atom stereocenters. The molecule has 1 aromatic rings. The van der Waals surface area contributed by atoms with E-state index >= 15 is 0 Å². The molecule has 5 N–H and O–H groups in total. The number of hydrogen-bond donors (Lipinski definition) is 3. The van der Waals surface area contributed by atoms with Gasteiger partial charge in [-0.2, -0.15) is 0 Å². The molecule has 0 fully saturated rings. The van der Waals surface area contributed by atoms with Gasteiger partial charge in [0.1, 0.15) is 5.82 Å². The van der Waals surface area contributed by atoms with Gasteiger partial charge in [0.25, 0.3) is 0 Å². The second-order valence-electron chi connectivity index (χ2n) is 4.20. The lowest BCUT2D eigenvalue weighted by atomic mass is 10.1. The Balaban J connectivity index is 2.24. The van der Waals surface area contributed by atoms with Crippen molar-refractivity contribution in [2.24, 2.45) is 11.5 Å². The number of nitrogens with one attached hydrogen (secondary N) is 1. The normalized spacial score (nSPS) is 12.2. The van der Waals surface area contributed by atoms with Crippen LogP contribution in [0.4, 0.5) is 4.39 Å². The summed E-state index contributed by atoms with van der Waals surface area (Å²) in [5.74, 6) is -0.419. The second kappa shape index (κ2) is 7.79. The van der Waals surface area contributed by atoms with Crippen LogP contribution in [-0.2, 0) is 11.2 Å². The number of benzene rings is 1. The molecule has 0 saturated heterocycles. The molecule has 1 rings (SSSR count). The first kappa shape index (κ1) is 14.6. The Morgan fingerprint density at radius 3 is 2.61 bits per heavy atom. The molecule has 1 atom stereocenters. The second-order valence-corrected chi connectivity index (χ2v) is 4.20. The molecule has 0 aromatic heterocycles. The first-order valence-corrected chi connectivity index (χ1v) is 6.11. The van der Waals surface area contributed by atoms with Crippen LogP contribution in [0.1, 0.15) is 18.4 Å². The molecule has 0 radical (unpaired) electrons. The zero-order valence-electron chi connectivity index (χ0n) is 10.4. The van der Waals surface area contributed by atoms with Gasteiger partial charge in [-0.3, -0.25) is 4.79 Å². The molecule has 0 saturated carbocycles. The number of carbonyl (C=O) groups is 1. The van der Waals surface area contributed by atoms with E-state index in [0.29, 0.717) is 25.9 Å². The Kier molecular flexibility index (Phi) is 6.32. The number of hydrogen-bond acceptors (Lipinski definition) is 3. The van der Waals surface area contributed by atoms with Crippen LogP contribution in [0.25, 0.3) is 0 Å². The minimum Gasteiger partial charge on any atom is -0.354 e. The summed E-state index contributed by atoms with van der Waals surface area (Å²) in [6, 6.07) is 5.72. The average Bonchev–Trinajstić information content (AvgIpc) is 2.38. The van der Waals surface area contributed by atoms with Crippen LogP contribution in [0.15, 0.2) is 24.3 Å². The summed E-state index contributed by atoms with van der Waals surface area (Å²) in [5.41, 5.74) is 12.0. The molecule has 18 heavy (non-hydrogen) atoms. The molecule has 4 nitrogen and oxygen atoms in total. The fraction of sp³-hybridized carbons (Fsp3) is 0.462. The molecule has 0 spiro atoms. The molecule has 100 valence electrons. The minimum absolute atomic E-state index is 0.162. The van der Waals surface area contributed by atoms with Crippen LogP contribution >= 0.6 is 0 Å². The van der Waals surface area contributed by atoms with Gasteiger partial charge in [-0.05, 0) is 43.5 Å². The number of halogens is 1. The zero-order valence-corrected chi connectivity index (χ0v) is 10.4. The molecule has 1 amide bonds. The Labute approximate surface area is 107 Å². The van der Waals surface area contributed by atoms with Crippen LogP contribution in [0.2, 0.25) is 0 Å². The fourth-order valence-electron chi connectivity index (χ4n) is 1.58. The number of amides is 1. The lowest BCUT2D eigenvalue weighted by Crippen LogP contribution is -2.41. The summed E-state index contributed by atoms with van der Waals surface area (Å²) < 4.78 is 12.7. The van der Waals surface area contributed by atoms with Gasteiger partial charge in [-0.25, -0.2) is 4.39 Å². The van der Waals surface area contributed by atoms with E-state index in [-0.39, 0.29) is 11.7 Å². The predicted molar refractivity (Wildman–Crippen MR) is 69.4 cm³/mol. The van der Waals surface area contributed by atoms with E-state index in [2.05, 4.69) is 5.32 Å². The highest BCUT2D eigenvalue weighted by atomic mass is 19.1. The first-order valence-electron chi connectivity index (χ1n) is 6.11. The van der Waals surface area contributed by atoms with Gasteiger partial charge in [-0.1, -0.05) is 12.1 Å². The minimum atomic E-state index is -0.498. The van der Waals surface area contributed by atoms with Crippen molar-refractivity contribution in [2.45, 2.75) is 25.3 Å². The number of carbonyl (C=O) groups excluding carboxylic acids is 1. The summed E-state index contributed by atoms with van der Waals surface area (Å²) in [6.07, 6.45) is 2.00. The van der Waals surface area contributed by atoms with E-state index in [1.165, 1.54) is 12.1 Å². The summed E-state index contributed by atoms with van der Waals surface area (Å²) in [4.78, 5) is 11.6. The molecule has 0 heterocycles. The average molecular weight is 253 g/mol. The summed E-state index contributed by atoms with van der Waals surface area (Å²) in [7, 11) is 0. The smallest absolute Gasteiger partial charge is 0.236 e. The van der Waals surface area contributed by atoms with E-state index in [4.69, 9.17) is 11.5 Å². The third-order valence-corrected chi connectivity index (χ3v) is 2.68. The lowest BCUT2D eigenvalue weighted by molar-refractivity contribution is -0.122. The largest absolute Gasteiger partial charge is 0.354 e. The highest BCUT2D eigenvalue weighted by Gasteiger charge is 2.11. The van der Waals surface area contributed by atoms with E-state index in [9.17, 15) is 9.18 Å². The standard InChI is InChI=1S/C13H20FN3O/c14-11-5-3-10(4-6-11)7-9-17-13(18)12(16)2-1-8-15/h3-6,12H,1-2,7-9,15-16H2,(H,17,18). The van der Waals surface area contributed by atoms with Gasteiger partial charge in [-0.15, -0.1) is 0 Å². The van der Waals surface area contributed by atoms with Gasteiger partial charge >= 0.3 is 0 Å². The molecule has 0 aliphatic heterocycles. The molecule has 0 bridgehead atoms. The van der Waals surface area contributed by atoms with Crippen LogP contribution in [-0.4, -0.2) is 25.0 Å². The lowest BCUT2D eigenvalue weighted by Gasteiger charge is -2.11. The molecular formula is C13H20FN3O. The number of nitrogens with two attached hydrogens (primary N) is 2. The highest BCUT2D eigenvalue weighted by Crippen LogP contribution is 2.02. The van der Waals surface area contributed by atoms with Crippen LogP contribution in [0.3, 0.4) is 0 Å². The Hall–Kier alpha value is -1.46. The quantitative estimate of drug-likeness (QED) is 0.664. The predicted octanol–water partition coefficient (Wildman–Crippen LogP) is 0.551. The molecule has 0 aliphatic carbocycles. The van der Waals surface area contributed by atoms with Crippen molar-refractivity contribution in [3.05, 3.63) is 35.6 Å². The Morgan fingerprint density at radius 2 is 2.00 bits per heavy atom. The van der Waals surface area contributed by atoms with Crippen molar-refractivity contribution < 1.29 is 9.18 Å². The molecule has 0 aliphatic rings. The van der Waals surface area contributed by atoms with Crippen molar-refractivity contribution in [1.29, 1.82) is 0 Å². The van der Waals surface area contributed by atoms with Crippen molar-refractivity contribution in [1.82, 2.24) is 5.32 Å². The summed E-state index contributed by atoms with van der Waals surface area (Å²) >= 11 is 0. The van der Waals surface area contributed by atoms with E-state index < -0.39 is 6.04 Å². The van der Waals surface area contributed by atoms with Crippen molar-refractivity contribution in [2.75, 3.05) is 13.1 Å². The first-order chi connectivity index (χ1) is 8.63. The maximum atomic E-state index is 12.7. The van der Waals surface area contributed by atoms with E-state index in [1.54, 1.807) is 12.1 Å². The van der Waals surface area contributed by atoms with Crippen molar-refractivity contribution >= 4 is 5.91 Å². The van der Waals surface area contributed by atoms with Crippen LogP contribution < -0.4 is 16.8 Å². The SMILES string of the molecule is NCCCC(N)C(=O)NCCc1ccc(F)cc1. The maximum absolute atomic E-state index is 12.7. The van der Waals surface area contributed by atoms with Gasteiger partial charge in [0.05, 0.1) is 6.04 Å². The number of rotatable bonds is 7. The molecule has 1 aromatic carbocycles. The third kappa shape index (κ3) is 5.25. The summed E-state index contributed by atoms with van der Waals surface area (Å²) in [6.45, 7) is 1.04. The topological polar surface area (TPSA) is 81.1 Å². The van der Waals surface area contributed by atoms with Gasteiger partial charge in [0.2, 0.25) is 5.91 Å². The summed E-state index contributed by atoms with van der Waals surface area (Å²) in [5, 5.41) is 2.76. The maximum Gasteiger partial charge on any atom is 0.236 e. The zero-order chi connectivity index (χ0) is 13.4. The molecule has 5 heteroatoms. The Morgan fingerprint density at radius 1 is 1.33 bits per heavy atom. The van der Waals surface area contributed by atoms with Crippen LogP contribution in [0, 0.1) is 5.82 Å². The van der Waals surface area contributed by atoms with Gasteiger partial charge in [0.15, 0.2) is 0 Å². The van der Waals surface area contributed by atoms with Crippen LogP contribution in [0.5, 0.6) is 0 Å². The van der Waals surface area contributed by atoms with Gasteiger partial charge in [0, 0.05) is 6.54 Å². The molecular weight excluding hydrogens is 233 g/mol. The highest BCUT2D eigenvalue weighted by molar-refractivity contribution is 5.81. The van der Waals surface area contributed by atoms with Gasteiger partial charge < -0.3 is 16.8 Å². The van der Waals surface area contributed by atoms with E-state index in [0.717, 1.165) is 12.0 Å². The van der Waals surface area contributed by atoms with Crippen molar-refractivity contribution in [3.63, 3.8) is 0 Å². The fourth-order valence-corrected chi connectivity index (χ4v) is 1.58. The Bertz CT molecular complexity index is 367. The monoisotopic (exact) mass is 253 g/mol.